The predicted molar refractivity (Wildman–Crippen MR) is 104 cm³/mol. The third-order valence-corrected chi connectivity index (χ3v) is 3.45. The van der Waals surface area contributed by atoms with E-state index in [2.05, 4.69) is 108 Å². The highest BCUT2D eigenvalue weighted by Gasteiger charge is 2.08. The molecule has 1 aliphatic carbocycles. The summed E-state index contributed by atoms with van der Waals surface area (Å²) in [6.45, 7) is 0. The predicted octanol–water partition coefficient (Wildman–Crippen LogP) is 5.37. The molecule has 0 aromatic heterocycles. The third kappa shape index (κ3) is 3.76. The van der Waals surface area contributed by atoms with E-state index in [1.165, 1.54) is 28.0 Å². The molecule has 2 aromatic rings. The molecule has 0 saturated carbocycles. The molecule has 0 spiro atoms. The van der Waals surface area contributed by atoms with E-state index >= 15 is 0 Å². The Hall–Kier alpha value is -1.55. The Morgan fingerprint density at radius 1 is 0.857 bits per heavy atom. The van der Waals surface area contributed by atoms with Crippen LogP contribution in [-0.2, 0) is 0 Å². The molecule has 2 heteroatoms. The number of alkyl halides is 1. The number of anilines is 1. The number of fused-ring (bicyclic) bond motifs is 1. The van der Waals surface area contributed by atoms with Crippen LogP contribution in [0.2, 0.25) is 0 Å². The summed E-state index contributed by atoms with van der Waals surface area (Å²) in [6, 6.07) is 17.1. The van der Waals surface area contributed by atoms with Crippen LogP contribution in [0.5, 0.6) is 0 Å². The Labute approximate surface area is 141 Å². The Morgan fingerprint density at radius 3 is 2.19 bits per heavy atom. The van der Waals surface area contributed by atoms with E-state index < -0.39 is 0 Å². The number of rotatable bonds is 2. The van der Waals surface area contributed by atoms with Crippen LogP contribution in [0.15, 0.2) is 54.6 Å². The van der Waals surface area contributed by atoms with Crippen molar-refractivity contribution < 1.29 is 0 Å². The molecule has 0 aliphatic heterocycles. The SMILES string of the molecule is CI.CN(C)c1ccc(/C=C2\C=Cc3ccccc32)cc1. The molecule has 0 radical (unpaired) electrons. The van der Waals surface area contributed by atoms with Crippen molar-refractivity contribution in [3.05, 3.63) is 71.3 Å². The lowest BCUT2D eigenvalue weighted by Gasteiger charge is -2.12. The second kappa shape index (κ2) is 7.46. The molecule has 21 heavy (non-hydrogen) atoms. The molecule has 0 atom stereocenters. The number of allylic oxidation sites excluding steroid dienone is 2. The van der Waals surface area contributed by atoms with Crippen molar-refractivity contribution in [2.75, 3.05) is 23.9 Å². The maximum Gasteiger partial charge on any atom is 0.0361 e. The summed E-state index contributed by atoms with van der Waals surface area (Å²) >= 11 is 2.15. The van der Waals surface area contributed by atoms with Gasteiger partial charge in [0.2, 0.25) is 0 Å². The van der Waals surface area contributed by atoms with Gasteiger partial charge in [0.1, 0.15) is 0 Å². The lowest BCUT2D eigenvalue weighted by Crippen LogP contribution is -2.07. The molecular weight excluding hydrogens is 369 g/mol. The van der Waals surface area contributed by atoms with E-state index in [0.717, 1.165) is 0 Å². The van der Waals surface area contributed by atoms with Crippen LogP contribution < -0.4 is 4.90 Å². The minimum Gasteiger partial charge on any atom is -0.378 e. The summed E-state index contributed by atoms with van der Waals surface area (Å²) in [7, 11) is 4.12. The molecule has 0 N–H and O–H groups in total. The van der Waals surface area contributed by atoms with Crippen LogP contribution in [0.1, 0.15) is 16.7 Å². The zero-order chi connectivity index (χ0) is 15.2. The molecule has 0 bridgehead atoms. The van der Waals surface area contributed by atoms with E-state index in [0.29, 0.717) is 0 Å². The molecule has 2 aromatic carbocycles. The fourth-order valence-electron chi connectivity index (χ4n) is 2.35. The largest absolute Gasteiger partial charge is 0.378 e. The van der Waals surface area contributed by atoms with Crippen LogP contribution >= 0.6 is 22.6 Å². The highest BCUT2D eigenvalue weighted by atomic mass is 127. The first-order valence-electron chi connectivity index (χ1n) is 6.88. The van der Waals surface area contributed by atoms with E-state index in [1.807, 2.05) is 4.93 Å². The Morgan fingerprint density at radius 2 is 1.52 bits per heavy atom. The van der Waals surface area contributed by atoms with E-state index in [4.69, 9.17) is 0 Å². The zero-order valence-electron chi connectivity index (χ0n) is 12.7. The first-order valence-corrected chi connectivity index (χ1v) is 9.04. The van der Waals surface area contributed by atoms with Crippen LogP contribution in [-0.4, -0.2) is 19.0 Å². The molecule has 3 rings (SSSR count). The minimum atomic E-state index is 1.23. The van der Waals surface area contributed by atoms with Gasteiger partial charge in [0.25, 0.3) is 0 Å². The topological polar surface area (TPSA) is 3.24 Å². The second-order valence-corrected chi connectivity index (χ2v) is 5.01. The average Bonchev–Trinajstić information content (AvgIpc) is 2.93. The van der Waals surface area contributed by atoms with Gasteiger partial charge in [0.15, 0.2) is 0 Å². The van der Waals surface area contributed by atoms with Gasteiger partial charge in [-0.05, 0) is 45.4 Å². The van der Waals surface area contributed by atoms with Crippen molar-refractivity contribution in [1.82, 2.24) is 0 Å². The number of halogens is 1. The highest BCUT2D eigenvalue weighted by molar-refractivity contribution is 14.1. The molecule has 0 saturated heterocycles. The Balaban J connectivity index is 0.000000774. The fourth-order valence-corrected chi connectivity index (χ4v) is 2.35. The Kier molecular flexibility index (Phi) is 5.62. The number of hydrogen-bond acceptors (Lipinski definition) is 1. The third-order valence-electron chi connectivity index (χ3n) is 3.45. The summed E-state index contributed by atoms with van der Waals surface area (Å²) in [5.74, 6) is 0. The molecule has 0 fully saturated rings. The van der Waals surface area contributed by atoms with Gasteiger partial charge >= 0.3 is 0 Å². The van der Waals surface area contributed by atoms with Crippen LogP contribution in [0.25, 0.3) is 17.7 Å². The van der Waals surface area contributed by atoms with Gasteiger partial charge < -0.3 is 4.90 Å². The second-order valence-electron chi connectivity index (χ2n) is 5.01. The lowest BCUT2D eigenvalue weighted by molar-refractivity contribution is 1.13. The van der Waals surface area contributed by atoms with Crippen molar-refractivity contribution in [1.29, 1.82) is 0 Å². The average molecular weight is 389 g/mol. The van der Waals surface area contributed by atoms with Crippen LogP contribution in [0.4, 0.5) is 5.69 Å². The van der Waals surface area contributed by atoms with E-state index in [1.54, 1.807) is 0 Å². The first-order chi connectivity index (χ1) is 10.2. The molecule has 0 amide bonds. The summed E-state index contributed by atoms with van der Waals surface area (Å²) in [5.41, 5.74) is 6.37. The number of benzene rings is 2. The Bertz CT molecular complexity index is 652. The highest BCUT2D eigenvalue weighted by Crippen LogP contribution is 2.30. The summed E-state index contributed by atoms with van der Waals surface area (Å²) in [4.78, 5) is 4.08. The van der Waals surface area contributed by atoms with Gasteiger partial charge in [-0.15, -0.1) is 0 Å². The standard InChI is InChI=1S/C18H17N.CH3I/c1-19(2)17-11-7-14(8-12-17)13-16-10-9-15-5-3-4-6-18(15)16;1-2/h3-13H,1-2H3;1H3/b16-13+;. The van der Waals surface area contributed by atoms with Crippen LogP contribution in [0.3, 0.4) is 0 Å². The summed E-state index contributed by atoms with van der Waals surface area (Å²) < 4.78 is 0. The van der Waals surface area contributed by atoms with Gasteiger partial charge in [-0.25, -0.2) is 0 Å². The minimum absolute atomic E-state index is 1.23. The smallest absolute Gasteiger partial charge is 0.0361 e. The maximum atomic E-state index is 2.24. The molecule has 108 valence electrons. The number of nitrogens with zero attached hydrogens (tertiary/aromatic N) is 1. The van der Waals surface area contributed by atoms with Crippen molar-refractivity contribution in [2.45, 2.75) is 0 Å². The quantitative estimate of drug-likeness (QED) is 0.493. The summed E-state index contributed by atoms with van der Waals surface area (Å²) in [6.07, 6.45) is 6.60. The van der Waals surface area contributed by atoms with Crippen LogP contribution in [0, 0.1) is 0 Å². The van der Waals surface area contributed by atoms with Gasteiger partial charge in [0, 0.05) is 19.8 Å². The van der Waals surface area contributed by atoms with Gasteiger partial charge in [-0.3, -0.25) is 0 Å². The molecular formula is C19H20IN. The normalized spacial score (nSPS) is 13.6. The monoisotopic (exact) mass is 389 g/mol. The fraction of sp³-hybridized carbons (Fsp3) is 0.158. The van der Waals surface area contributed by atoms with Gasteiger partial charge in [0.05, 0.1) is 0 Å². The molecule has 1 aliphatic rings. The first kappa shape index (κ1) is 15.8. The van der Waals surface area contributed by atoms with Crippen molar-refractivity contribution >= 4 is 46.0 Å². The van der Waals surface area contributed by atoms with Crippen molar-refractivity contribution in [2.24, 2.45) is 0 Å². The zero-order valence-corrected chi connectivity index (χ0v) is 14.8. The molecule has 0 heterocycles. The molecule has 0 unspecified atom stereocenters. The maximum absolute atomic E-state index is 2.24. The number of hydrogen-bond donors (Lipinski definition) is 0. The van der Waals surface area contributed by atoms with E-state index in [-0.39, 0.29) is 0 Å². The summed E-state index contributed by atoms with van der Waals surface area (Å²) in [5, 5.41) is 0. The van der Waals surface area contributed by atoms with Crippen molar-refractivity contribution in [3.63, 3.8) is 0 Å². The van der Waals surface area contributed by atoms with E-state index in [9.17, 15) is 0 Å². The molecule has 1 nitrogen and oxygen atoms in total. The van der Waals surface area contributed by atoms with Gasteiger partial charge in [-0.1, -0.05) is 71.1 Å². The van der Waals surface area contributed by atoms with Crippen molar-refractivity contribution in [3.8, 4) is 0 Å². The van der Waals surface area contributed by atoms with Gasteiger partial charge in [-0.2, -0.15) is 0 Å². The lowest BCUT2D eigenvalue weighted by atomic mass is 10.0.